The highest BCUT2D eigenvalue weighted by Crippen LogP contribution is 2.46. The molecule has 1 heterocycles. The van der Waals surface area contributed by atoms with E-state index in [1.54, 1.807) is 11.2 Å². The van der Waals surface area contributed by atoms with Crippen molar-refractivity contribution in [3.63, 3.8) is 0 Å². The third kappa shape index (κ3) is 6.62. The molecular formula is C25H31IN2O4. The number of carbonyl (C=O) groups excluding carboxylic acids is 1. The lowest BCUT2D eigenvalue weighted by Crippen LogP contribution is -2.39. The highest BCUT2D eigenvalue weighted by Gasteiger charge is 2.29. The SMILES string of the molecule is CC(C)(C)CCOc1cccc2c1C(I)C(CN(CCO)C(=O)Nc1ccccc1)=CO2. The van der Waals surface area contributed by atoms with Gasteiger partial charge in [-0.2, -0.15) is 0 Å². The highest BCUT2D eigenvalue weighted by molar-refractivity contribution is 14.1. The Morgan fingerprint density at radius 2 is 1.94 bits per heavy atom. The molecule has 7 heteroatoms. The standard InChI is InChI=1S/C25H31IN2O4/c1-25(2,3)12-15-31-20-10-7-11-21-22(20)23(26)18(17-32-21)16-28(13-14-29)24(30)27-19-8-5-4-6-9-19/h4-11,17,23,29H,12-16H2,1-3H3,(H,27,30). The van der Waals surface area contributed by atoms with Crippen LogP contribution in [0.1, 0.15) is 36.7 Å². The summed E-state index contributed by atoms with van der Waals surface area (Å²) in [7, 11) is 0. The molecule has 0 spiro atoms. The number of nitrogens with one attached hydrogen (secondary N) is 1. The average Bonchev–Trinajstić information content (AvgIpc) is 2.75. The van der Waals surface area contributed by atoms with Gasteiger partial charge in [-0.1, -0.05) is 67.6 Å². The van der Waals surface area contributed by atoms with E-state index in [0.717, 1.165) is 29.1 Å². The van der Waals surface area contributed by atoms with Crippen molar-refractivity contribution in [2.75, 3.05) is 31.6 Å². The monoisotopic (exact) mass is 550 g/mol. The number of amides is 2. The Bertz CT molecular complexity index is 941. The van der Waals surface area contributed by atoms with Gasteiger partial charge in [0.1, 0.15) is 11.5 Å². The zero-order chi connectivity index (χ0) is 23.1. The lowest BCUT2D eigenvalue weighted by atomic mass is 9.93. The predicted molar refractivity (Wildman–Crippen MR) is 136 cm³/mol. The van der Waals surface area contributed by atoms with Crippen LogP contribution in [-0.4, -0.2) is 42.3 Å². The topological polar surface area (TPSA) is 71.0 Å². The van der Waals surface area contributed by atoms with Crippen LogP contribution in [0.4, 0.5) is 10.5 Å². The van der Waals surface area contributed by atoms with Crippen LogP contribution in [0.15, 0.2) is 60.4 Å². The van der Waals surface area contributed by atoms with Gasteiger partial charge in [0.05, 0.1) is 29.0 Å². The summed E-state index contributed by atoms with van der Waals surface area (Å²) in [6, 6.07) is 14.8. The van der Waals surface area contributed by atoms with Crippen LogP contribution in [0.2, 0.25) is 0 Å². The second kappa shape index (κ2) is 11.0. The Balaban J connectivity index is 1.73. The van der Waals surface area contributed by atoms with Crippen molar-refractivity contribution in [3.8, 4) is 11.5 Å². The number of benzene rings is 2. The number of alkyl halides is 1. The van der Waals surface area contributed by atoms with Crippen molar-refractivity contribution in [3.05, 3.63) is 65.9 Å². The van der Waals surface area contributed by atoms with E-state index in [1.165, 1.54) is 0 Å². The summed E-state index contributed by atoms with van der Waals surface area (Å²) < 4.78 is 12.0. The Morgan fingerprint density at radius 1 is 1.19 bits per heavy atom. The van der Waals surface area contributed by atoms with Crippen LogP contribution in [-0.2, 0) is 0 Å². The minimum atomic E-state index is -0.268. The van der Waals surface area contributed by atoms with Crippen molar-refractivity contribution < 1.29 is 19.4 Å². The summed E-state index contributed by atoms with van der Waals surface area (Å²) in [5.74, 6) is 1.57. The van der Waals surface area contributed by atoms with Gasteiger partial charge in [0.2, 0.25) is 0 Å². The number of hydrogen-bond acceptors (Lipinski definition) is 4. The number of fused-ring (bicyclic) bond motifs is 1. The van der Waals surface area contributed by atoms with E-state index in [2.05, 4.69) is 48.7 Å². The van der Waals surface area contributed by atoms with Gasteiger partial charge in [-0.15, -0.1) is 0 Å². The van der Waals surface area contributed by atoms with E-state index in [0.29, 0.717) is 18.8 Å². The number of anilines is 1. The minimum Gasteiger partial charge on any atom is -0.493 e. The van der Waals surface area contributed by atoms with Crippen LogP contribution >= 0.6 is 22.6 Å². The molecule has 2 aromatic carbocycles. The van der Waals surface area contributed by atoms with Crippen LogP contribution in [0.3, 0.4) is 0 Å². The van der Waals surface area contributed by atoms with E-state index < -0.39 is 0 Å². The van der Waals surface area contributed by atoms with Crippen molar-refractivity contribution in [2.24, 2.45) is 5.41 Å². The molecule has 0 saturated carbocycles. The van der Waals surface area contributed by atoms with Crippen LogP contribution in [0.5, 0.6) is 11.5 Å². The average molecular weight is 550 g/mol. The van der Waals surface area contributed by atoms with E-state index in [4.69, 9.17) is 9.47 Å². The maximum atomic E-state index is 12.8. The number of rotatable bonds is 8. The highest BCUT2D eigenvalue weighted by atomic mass is 127. The number of urea groups is 1. The van der Waals surface area contributed by atoms with Gasteiger partial charge in [-0.05, 0) is 36.1 Å². The summed E-state index contributed by atoms with van der Waals surface area (Å²) in [5, 5.41) is 12.4. The van der Waals surface area contributed by atoms with Gasteiger partial charge >= 0.3 is 6.03 Å². The normalized spacial score (nSPS) is 15.3. The second-order valence-electron chi connectivity index (χ2n) is 8.94. The molecule has 0 aromatic heterocycles. The zero-order valence-electron chi connectivity index (χ0n) is 18.8. The molecule has 0 aliphatic carbocycles. The molecule has 2 amide bonds. The molecule has 3 rings (SSSR count). The lowest BCUT2D eigenvalue weighted by molar-refractivity contribution is 0.192. The van der Waals surface area contributed by atoms with Crippen molar-refractivity contribution in [1.29, 1.82) is 0 Å². The molecule has 2 aromatic rings. The lowest BCUT2D eigenvalue weighted by Gasteiger charge is -2.29. The Hall–Kier alpha value is -2.26. The van der Waals surface area contributed by atoms with Crippen molar-refractivity contribution >= 4 is 34.3 Å². The Morgan fingerprint density at radius 3 is 2.62 bits per heavy atom. The van der Waals surface area contributed by atoms with Crippen LogP contribution in [0, 0.1) is 5.41 Å². The summed E-state index contributed by atoms with van der Waals surface area (Å²) in [4.78, 5) is 14.4. The van der Waals surface area contributed by atoms with E-state index in [9.17, 15) is 9.90 Å². The maximum absolute atomic E-state index is 12.8. The number of para-hydroxylation sites is 1. The first kappa shape index (κ1) is 24.4. The first-order chi connectivity index (χ1) is 15.3. The maximum Gasteiger partial charge on any atom is 0.322 e. The quantitative estimate of drug-likeness (QED) is 0.323. The largest absolute Gasteiger partial charge is 0.493 e. The molecule has 0 bridgehead atoms. The fourth-order valence-electron chi connectivity index (χ4n) is 3.29. The molecule has 172 valence electrons. The van der Waals surface area contributed by atoms with E-state index in [1.807, 2.05) is 48.5 Å². The number of nitrogens with zero attached hydrogens (tertiary/aromatic N) is 1. The third-order valence-electron chi connectivity index (χ3n) is 5.11. The fraction of sp³-hybridized carbons (Fsp3) is 0.400. The Kier molecular flexibility index (Phi) is 8.42. The van der Waals surface area contributed by atoms with Crippen LogP contribution in [0.25, 0.3) is 0 Å². The summed E-state index contributed by atoms with van der Waals surface area (Å²) >= 11 is 2.36. The number of aliphatic hydroxyl groups is 1. The van der Waals surface area contributed by atoms with Gasteiger partial charge in [0.25, 0.3) is 0 Å². The molecule has 0 fully saturated rings. The molecule has 1 unspecified atom stereocenters. The van der Waals surface area contributed by atoms with Crippen molar-refractivity contribution in [2.45, 2.75) is 31.1 Å². The third-order valence-corrected chi connectivity index (χ3v) is 6.53. The number of halogens is 1. The van der Waals surface area contributed by atoms with Crippen LogP contribution < -0.4 is 14.8 Å². The number of carbonyl (C=O) groups is 1. The van der Waals surface area contributed by atoms with Gasteiger partial charge in [-0.25, -0.2) is 4.79 Å². The van der Waals surface area contributed by atoms with Gasteiger partial charge < -0.3 is 24.8 Å². The summed E-state index contributed by atoms with van der Waals surface area (Å²) in [6.07, 6.45) is 2.65. The number of hydrogen-bond donors (Lipinski definition) is 2. The second-order valence-corrected chi connectivity index (χ2v) is 10.2. The zero-order valence-corrected chi connectivity index (χ0v) is 21.0. The smallest absolute Gasteiger partial charge is 0.322 e. The summed E-state index contributed by atoms with van der Waals surface area (Å²) in [5.41, 5.74) is 2.81. The van der Waals surface area contributed by atoms with Gasteiger partial charge in [0.15, 0.2) is 0 Å². The molecule has 0 radical (unpaired) electrons. The molecule has 1 aliphatic rings. The first-order valence-corrected chi connectivity index (χ1v) is 12.0. The van der Waals surface area contributed by atoms with Crippen molar-refractivity contribution in [1.82, 2.24) is 4.90 Å². The minimum absolute atomic E-state index is 0.0205. The van der Waals surface area contributed by atoms with Gasteiger partial charge in [0, 0.05) is 24.4 Å². The van der Waals surface area contributed by atoms with E-state index in [-0.39, 0.29) is 28.5 Å². The molecule has 1 aliphatic heterocycles. The molecule has 0 saturated heterocycles. The summed E-state index contributed by atoms with van der Waals surface area (Å²) in [6.45, 7) is 7.63. The van der Waals surface area contributed by atoms with E-state index >= 15 is 0 Å². The number of aliphatic hydroxyl groups excluding tert-OH is 1. The van der Waals surface area contributed by atoms with Gasteiger partial charge in [-0.3, -0.25) is 0 Å². The fourth-order valence-corrected chi connectivity index (χ4v) is 4.25. The molecule has 2 N–H and O–H groups in total. The predicted octanol–water partition coefficient (Wildman–Crippen LogP) is 5.78. The first-order valence-electron chi connectivity index (χ1n) is 10.8. The molecular weight excluding hydrogens is 519 g/mol. The Labute approximate surface area is 203 Å². The molecule has 1 atom stereocenters. The number of ether oxygens (including phenoxy) is 2. The molecule has 32 heavy (non-hydrogen) atoms. The molecule has 6 nitrogen and oxygen atoms in total.